The van der Waals surface area contributed by atoms with E-state index in [0.29, 0.717) is 44.3 Å². The smallest absolute Gasteiger partial charge is 0.227 e. The van der Waals surface area contributed by atoms with E-state index in [1.165, 1.54) is 0 Å². The van der Waals surface area contributed by atoms with Crippen LogP contribution in [-0.4, -0.2) is 29.3 Å². The minimum Gasteiger partial charge on any atom is -0.486 e. The number of amides is 1. The Balaban J connectivity index is 1.47. The Morgan fingerprint density at radius 2 is 1.96 bits per heavy atom. The third kappa shape index (κ3) is 4.49. The number of benzene rings is 1. The zero-order chi connectivity index (χ0) is 17.9. The molecule has 1 N–H and O–H groups in total. The molecule has 1 aromatic heterocycles. The predicted molar refractivity (Wildman–Crippen MR) is 90.6 cm³/mol. The van der Waals surface area contributed by atoms with E-state index in [0.717, 1.165) is 17.1 Å². The number of ether oxygens (including phenoxy) is 2. The number of hydrogen-bond acceptors (Lipinski definition) is 6. The van der Waals surface area contributed by atoms with Gasteiger partial charge < -0.3 is 19.3 Å². The van der Waals surface area contributed by atoms with Crippen LogP contribution in [0.2, 0.25) is 0 Å². The summed E-state index contributed by atoms with van der Waals surface area (Å²) < 4.78 is 16.2. The van der Waals surface area contributed by atoms with Gasteiger partial charge in [0.25, 0.3) is 0 Å². The molecule has 25 heavy (non-hydrogen) atoms. The second-order valence-corrected chi connectivity index (χ2v) is 7.02. The lowest BCUT2D eigenvalue weighted by Crippen LogP contribution is -2.23. The summed E-state index contributed by atoms with van der Waals surface area (Å²) in [6, 6.07) is 5.67. The maximum atomic E-state index is 12.0. The van der Waals surface area contributed by atoms with Crippen molar-refractivity contribution in [2.24, 2.45) is 0 Å². The highest BCUT2D eigenvalue weighted by Gasteiger charge is 2.21. The fourth-order valence-corrected chi connectivity index (χ4v) is 2.37. The minimum absolute atomic E-state index is 0.0644. The molecule has 0 bridgehead atoms. The number of rotatable bonds is 5. The quantitative estimate of drug-likeness (QED) is 0.895. The van der Waals surface area contributed by atoms with Crippen molar-refractivity contribution in [3.8, 4) is 11.5 Å². The van der Waals surface area contributed by atoms with E-state index in [1.54, 1.807) is 0 Å². The Hall–Kier alpha value is -2.57. The first-order chi connectivity index (χ1) is 11.9. The number of nitrogens with zero attached hydrogens (tertiary/aromatic N) is 2. The molecule has 1 aromatic carbocycles. The van der Waals surface area contributed by atoms with Gasteiger partial charge in [0.15, 0.2) is 17.3 Å². The first-order valence-electron chi connectivity index (χ1n) is 8.40. The third-order valence-corrected chi connectivity index (χ3v) is 3.80. The Kier molecular flexibility index (Phi) is 4.92. The van der Waals surface area contributed by atoms with Gasteiger partial charge in [-0.05, 0) is 17.7 Å². The fourth-order valence-electron chi connectivity index (χ4n) is 2.37. The van der Waals surface area contributed by atoms with Crippen molar-refractivity contribution < 1.29 is 18.8 Å². The molecule has 1 amide bonds. The normalized spacial score (nSPS) is 13.6. The summed E-state index contributed by atoms with van der Waals surface area (Å²) in [6.45, 7) is 7.59. The lowest BCUT2D eigenvalue weighted by atomic mass is 9.96. The van der Waals surface area contributed by atoms with Crippen molar-refractivity contribution in [3.63, 3.8) is 0 Å². The largest absolute Gasteiger partial charge is 0.486 e. The van der Waals surface area contributed by atoms with E-state index in [4.69, 9.17) is 14.0 Å². The van der Waals surface area contributed by atoms with Gasteiger partial charge in [-0.3, -0.25) is 4.79 Å². The van der Waals surface area contributed by atoms with Crippen LogP contribution in [0.25, 0.3) is 0 Å². The molecule has 0 saturated heterocycles. The Morgan fingerprint density at radius 3 is 2.68 bits per heavy atom. The van der Waals surface area contributed by atoms with E-state index >= 15 is 0 Å². The molecule has 3 rings (SSSR count). The van der Waals surface area contributed by atoms with Crippen molar-refractivity contribution in [1.82, 2.24) is 15.5 Å². The summed E-state index contributed by atoms with van der Waals surface area (Å²) in [5.74, 6) is 2.54. The maximum absolute atomic E-state index is 12.0. The molecule has 0 aliphatic carbocycles. The molecule has 0 saturated carbocycles. The fraction of sp³-hybridized carbons (Fsp3) is 0.500. The first-order valence-corrected chi connectivity index (χ1v) is 8.40. The average molecular weight is 345 g/mol. The van der Waals surface area contributed by atoms with Crippen LogP contribution in [0.15, 0.2) is 22.7 Å². The first kappa shape index (κ1) is 17.3. The molecule has 0 radical (unpaired) electrons. The van der Waals surface area contributed by atoms with Crippen LogP contribution >= 0.6 is 0 Å². The number of nitrogens with one attached hydrogen (secondary N) is 1. The van der Waals surface area contributed by atoms with E-state index in [9.17, 15) is 4.79 Å². The second-order valence-electron chi connectivity index (χ2n) is 7.02. The molecule has 2 heterocycles. The summed E-state index contributed by atoms with van der Waals surface area (Å²) in [7, 11) is 0. The van der Waals surface area contributed by atoms with Gasteiger partial charge in [-0.15, -0.1) is 0 Å². The van der Waals surface area contributed by atoms with Crippen LogP contribution in [0.3, 0.4) is 0 Å². The van der Waals surface area contributed by atoms with Crippen LogP contribution in [0, 0.1) is 0 Å². The van der Waals surface area contributed by atoms with E-state index < -0.39 is 0 Å². The Morgan fingerprint density at radius 1 is 1.20 bits per heavy atom. The number of fused-ring (bicyclic) bond motifs is 1. The lowest BCUT2D eigenvalue weighted by Gasteiger charge is -2.18. The average Bonchev–Trinajstić information content (AvgIpc) is 3.07. The number of carbonyl (C=O) groups is 1. The van der Waals surface area contributed by atoms with Gasteiger partial charge in [0.2, 0.25) is 11.8 Å². The molecular weight excluding hydrogens is 322 g/mol. The number of aryl methyl sites for hydroxylation is 1. The topological polar surface area (TPSA) is 86.5 Å². The monoisotopic (exact) mass is 345 g/mol. The number of carbonyl (C=O) groups excluding carboxylic acids is 1. The summed E-state index contributed by atoms with van der Waals surface area (Å²) >= 11 is 0. The molecule has 1 aliphatic heterocycles. The number of hydrogen-bond donors (Lipinski definition) is 1. The summed E-state index contributed by atoms with van der Waals surface area (Å²) in [5, 5.41) is 6.84. The van der Waals surface area contributed by atoms with Gasteiger partial charge >= 0.3 is 0 Å². The van der Waals surface area contributed by atoms with Gasteiger partial charge in [-0.25, -0.2) is 0 Å². The molecule has 0 unspecified atom stereocenters. The summed E-state index contributed by atoms with van der Waals surface area (Å²) in [6.07, 6.45) is 0.729. The van der Waals surface area contributed by atoms with E-state index in [1.807, 2.05) is 39.0 Å². The predicted octanol–water partition coefficient (Wildman–Crippen LogP) is 2.39. The molecule has 1 aliphatic rings. The van der Waals surface area contributed by atoms with Crippen molar-refractivity contribution >= 4 is 5.91 Å². The van der Waals surface area contributed by atoms with Crippen molar-refractivity contribution in [2.75, 3.05) is 13.2 Å². The van der Waals surface area contributed by atoms with Crippen LogP contribution in [0.1, 0.15) is 44.5 Å². The van der Waals surface area contributed by atoms with Crippen molar-refractivity contribution in [2.45, 2.75) is 45.6 Å². The highest BCUT2D eigenvalue weighted by Crippen LogP contribution is 2.30. The maximum Gasteiger partial charge on any atom is 0.227 e. The Labute approximate surface area is 146 Å². The summed E-state index contributed by atoms with van der Waals surface area (Å²) in [5.41, 5.74) is 0.799. The van der Waals surface area contributed by atoms with Gasteiger partial charge in [0, 0.05) is 24.8 Å². The van der Waals surface area contributed by atoms with Crippen LogP contribution < -0.4 is 14.8 Å². The zero-order valence-electron chi connectivity index (χ0n) is 14.8. The number of aromatic nitrogens is 2. The van der Waals surface area contributed by atoms with E-state index in [-0.39, 0.29) is 11.3 Å². The zero-order valence-corrected chi connectivity index (χ0v) is 14.8. The molecule has 0 atom stereocenters. The highest BCUT2D eigenvalue weighted by atomic mass is 16.6. The summed E-state index contributed by atoms with van der Waals surface area (Å²) in [4.78, 5) is 16.4. The third-order valence-electron chi connectivity index (χ3n) is 3.80. The van der Waals surface area contributed by atoms with Crippen molar-refractivity contribution in [3.05, 3.63) is 35.5 Å². The molecule has 7 heteroatoms. The standard InChI is InChI=1S/C18H23N3O4/c1-18(2,3)17-20-16(25-21-17)7-6-15(22)19-11-12-4-5-13-14(10-12)24-9-8-23-13/h4-5,10H,6-9,11H2,1-3H3,(H,19,22). The molecular formula is C18H23N3O4. The van der Waals surface area contributed by atoms with Crippen LogP contribution in [0.4, 0.5) is 0 Å². The highest BCUT2D eigenvalue weighted by molar-refractivity contribution is 5.76. The molecule has 2 aromatic rings. The minimum atomic E-state index is -0.164. The van der Waals surface area contributed by atoms with Gasteiger partial charge in [-0.1, -0.05) is 32.0 Å². The molecule has 7 nitrogen and oxygen atoms in total. The Bertz CT molecular complexity index is 749. The molecule has 0 spiro atoms. The van der Waals surface area contributed by atoms with Crippen molar-refractivity contribution in [1.29, 1.82) is 0 Å². The SMILES string of the molecule is CC(C)(C)c1noc(CCC(=O)NCc2ccc3c(c2)OCCO3)n1. The molecule has 134 valence electrons. The molecule has 0 fully saturated rings. The van der Waals surface area contributed by atoms with Gasteiger partial charge in [-0.2, -0.15) is 4.98 Å². The van der Waals surface area contributed by atoms with Gasteiger partial charge in [0.05, 0.1) is 0 Å². The lowest BCUT2D eigenvalue weighted by molar-refractivity contribution is -0.121. The van der Waals surface area contributed by atoms with Crippen LogP contribution in [0.5, 0.6) is 11.5 Å². The van der Waals surface area contributed by atoms with Gasteiger partial charge in [0.1, 0.15) is 13.2 Å². The van der Waals surface area contributed by atoms with E-state index in [2.05, 4.69) is 15.5 Å². The second kappa shape index (κ2) is 7.13. The van der Waals surface area contributed by atoms with Crippen LogP contribution in [-0.2, 0) is 23.2 Å².